The molecule has 0 aliphatic heterocycles. The SMILES string of the molecule is CCOC(=O)C(C)(N)CC1CCCCC1. The van der Waals surface area contributed by atoms with Crippen LogP contribution < -0.4 is 5.73 Å². The van der Waals surface area contributed by atoms with Gasteiger partial charge in [-0.3, -0.25) is 4.79 Å². The van der Waals surface area contributed by atoms with E-state index in [4.69, 9.17) is 10.5 Å². The molecule has 1 unspecified atom stereocenters. The number of hydrogen-bond donors (Lipinski definition) is 1. The zero-order chi connectivity index (χ0) is 11.3. The van der Waals surface area contributed by atoms with Crippen LogP contribution >= 0.6 is 0 Å². The Morgan fingerprint density at radius 3 is 2.53 bits per heavy atom. The van der Waals surface area contributed by atoms with Gasteiger partial charge in [0, 0.05) is 0 Å². The molecule has 1 rings (SSSR count). The fraction of sp³-hybridized carbons (Fsp3) is 0.917. The van der Waals surface area contributed by atoms with Gasteiger partial charge in [0.05, 0.1) is 6.61 Å². The van der Waals surface area contributed by atoms with Gasteiger partial charge < -0.3 is 10.5 Å². The Morgan fingerprint density at radius 1 is 1.40 bits per heavy atom. The second-order valence-electron chi connectivity index (χ2n) is 4.85. The van der Waals surface area contributed by atoms with Crippen LogP contribution in [0.3, 0.4) is 0 Å². The molecular formula is C12H23NO2. The fourth-order valence-corrected chi connectivity index (χ4v) is 2.37. The number of nitrogens with two attached hydrogens (primary N) is 1. The van der Waals surface area contributed by atoms with E-state index < -0.39 is 5.54 Å². The Morgan fingerprint density at radius 2 is 2.00 bits per heavy atom. The van der Waals surface area contributed by atoms with E-state index in [1.807, 2.05) is 6.92 Å². The van der Waals surface area contributed by atoms with E-state index in [2.05, 4.69) is 0 Å². The van der Waals surface area contributed by atoms with Crippen molar-refractivity contribution < 1.29 is 9.53 Å². The fourth-order valence-electron chi connectivity index (χ4n) is 2.37. The van der Waals surface area contributed by atoms with Crippen LogP contribution in [0.2, 0.25) is 0 Å². The van der Waals surface area contributed by atoms with E-state index in [0.29, 0.717) is 12.5 Å². The van der Waals surface area contributed by atoms with Gasteiger partial charge >= 0.3 is 5.97 Å². The van der Waals surface area contributed by atoms with Crippen LogP contribution in [-0.2, 0) is 9.53 Å². The summed E-state index contributed by atoms with van der Waals surface area (Å²) in [6.07, 6.45) is 7.09. The van der Waals surface area contributed by atoms with Gasteiger partial charge in [-0.1, -0.05) is 32.1 Å². The Balaban J connectivity index is 2.42. The molecule has 2 N–H and O–H groups in total. The molecule has 88 valence electrons. The lowest BCUT2D eigenvalue weighted by Crippen LogP contribution is -2.47. The van der Waals surface area contributed by atoms with Gasteiger partial charge in [0.1, 0.15) is 5.54 Å². The van der Waals surface area contributed by atoms with Crippen molar-refractivity contribution in [1.29, 1.82) is 0 Å². The van der Waals surface area contributed by atoms with Crippen LogP contribution in [0, 0.1) is 5.92 Å². The van der Waals surface area contributed by atoms with Crippen molar-refractivity contribution in [1.82, 2.24) is 0 Å². The lowest BCUT2D eigenvalue weighted by Gasteiger charge is -2.29. The monoisotopic (exact) mass is 213 g/mol. The minimum atomic E-state index is -0.794. The average Bonchev–Trinajstić information content (AvgIpc) is 2.19. The first kappa shape index (κ1) is 12.5. The van der Waals surface area contributed by atoms with Crippen LogP contribution in [0.5, 0.6) is 0 Å². The van der Waals surface area contributed by atoms with Crippen molar-refractivity contribution in [3.8, 4) is 0 Å². The number of carbonyl (C=O) groups excluding carboxylic acids is 1. The van der Waals surface area contributed by atoms with E-state index >= 15 is 0 Å². The second kappa shape index (κ2) is 5.50. The topological polar surface area (TPSA) is 52.3 Å². The van der Waals surface area contributed by atoms with Crippen molar-refractivity contribution in [3.05, 3.63) is 0 Å². The van der Waals surface area contributed by atoms with Crippen LogP contribution in [0.4, 0.5) is 0 Å². The lowest BCUT2D eigenvalue weighted by molar-refractivity contribution is -0.149. The van der Waals surface area contributed by atoms with Crippen LogP contribution in [-0.4, -0.2) is 18.1 Å². The molecule has 0 aromatic rings. The van der Waals surface area contributed by atoms with Gasteiger partial charge in [-0.05, 0) is 26.2 Å². The number of esters is 1. The van der Waals surface area contributed by atoms with Crippen LogP contribution in [0.25, 0.3) is 0 Å². The first-order chi connectivity index (χ1) is 7.06. The highest BCUT2D eigenvalue weighted by Crippen LogP contribution is 2.30. The molecule has 0 spiro atoms. The molecule has 0 amide bonds. The van der Waals surface area contributed by atoms with Crippen molar-refractivity contribution in [2.24, 2.45) is 11.7 Å². The highest BCUT2D eigenvalue weighted by atomic mass is 16.5. The summed E-state index contributed by atoms with van der Waals surface area (Å²) in [6.45, 7) is 4.02. The average molecular weight is 213 g/mol. The van der Waals surface area contributed by atoms with Gasteiger partial charge in [-0.25, -0.2) is 0 Å². The molecule has 3 heteroatoms. The summed E-state index contributed by atoms with van der Waals surface area (Å²) in [7, 11) is 0. The Bertz CT molecular complexity index is 208. The maximum Gasteiger partial charge on any atom is 0.325 e. The first-order valence-corrected chi connectivity index (χ1v) is 6.02. The highest BCUT2D eigenvalue weighted by Gasteiger charge is 2.33. The van der Waals surface area contributed by atoms with E-state index in [9.17, 15) is 4.79 Å². The molecule has 0 aromatic carbocycles. The zero-order valence-corrected chi connectivity index (χ0v) is 9.92. The molecule has 1 saturated carbocycles. The van der Waals surface area contributed by atoms with Crippen LogP contribution in [0.15, 0.2) is 0 Å². The lowest BCUT2D eigenvalue weighted by atomic mass is 9.80. The molecule has 0 radical (unpaired) electrons. The summed E-state index contributed by atoms with van der Waals surface area (Å²) in [5.41, 5.74) is 5.21. The van der Waals surface area contributed by atoms with Crippen molar-refractivity contribution >= 4 is 5.97 Å². The molecule has 1 atom stereocenters. The maximum atomic E-state index is 11.6. The van der Waals surface area contributed by atoms with Crippen molar-refractivity contribution in [3.63, 3.8) is 0 Å². The van der Waals surface area contributed by atoms with Crippen molar-refractivity contribution in [2.45, 2.75) is 57.9 Å². The summed E-state index contributed by atoms with van der Waals surface area (Å²) >= 11 is 0. The minimum Gasteiger partial charge on any atom is -0.465 e. The minimum absolute atomic E-state index is 0.254. The van der Waals surface area contributed by atoms with Crippen molar-refractivity contribution in [2.75, 3.05) is 6.61 Å². The molecule has 1 aliphatic carbocycles. The third kappa shape index (κ3) is 3.82. The number of hydrogen-bond acceptors (Lipinski definition) is 3. The predicted octanol–water partition coefficient (Wildman–Crippen LogP) is 2.24. The standard InChI is InChI=1S/C12H23NO2/c1-3-15-11(14)12(2,13)9-10-7-5-4-6-8-10/h10H,3-9,13H2,1-2H3. The number of carbonyl (C=O) groups is 1. The van der Waals surface area contributed by atoms with Gasteiger partial charge in [-0.15, -0.1) is 0 Å². The molecule has 0 aromatic heterocycles. The Labute approximate surface area is 92.4 Å². The van der Waals surface area contributed by atoms with Crippen LogP contribution in [0.1, 0.15) is 52.4 Å². The van der Waals surface area contributed by atoms with E-state index in [1.165, 1.54) is 32.1 Å². The quantitative estimate of drug-likeness (QED) is 0.729. The summed E-state index contributed by atoms with van der Waals surface area (Å²) < 4.78 is 4.98. The van der Waals surface area contributed by atoms with E-state index in [1.54, 1.807) is 6.92 Å². The third-order valence-corrected chi connectivity index (χ3v) is 3.18. The molecule has 15 heavy (non-hydrogen) atoms. The molecule has 1 aliphatic rings. The Kier molecular flexibility index (Phi) is 4.58. The smallest absolute Gasteiger partial charge is 0.325 e. The molecule has 0 bridgehead atoms. The summed E-state index contributed by atoms with van der Waals surface area (Å²) in [6, 6.07) is 0. The summed E-state index contributed by atoms with van der Waals surface area (Å²) in [5, 5.41) is 0. The predicted molar refractivity (Wildman–Crippen MR) is 60.4 cm³/mol. The van der Waals surface area contributed by atoms with Gasteiger partial charge in [0.15, 0.2) is 0 Å². The summed E-state index contributed by atoms with van der Waals surface area (Å²) in [4.78, 5) is 11.6. The zero-order valence-electron chi connectivity index (χ0n) is 9.92. The van der Waals surface area contributed by atoms with Gasteiger partial charge in [0.25, 0.3) is 0 Å². The summed E-state index contributed by atoms with van der Waals surface area (Å²) in [5.74, 6) is 0.355. The van der Waals surface area contributed by atoms with E-state index in [-0.39, 0.29) is 5.97 Å². The third-order valence-electron chi connectivity index (χ3n) is 3.18. The molecule has 0 heterocycles. The van der Waals surface area contributed by atoms with E-state index in [0.717, 1.165) is 6.42 Å². The normalized spacial score (nSPS) is 22.1. The molecular weight excluding hydrogens is 190 g/mol. The maximum absolute atomic E-state index is 11.6. The number of rotatable bonds is 4. The highest BCUT2D eigenvalue weighted by molar-refractivity contribution is 5.79. The number of ether oxygens (including phenoxy) is 1. The largest absolute Gasteiger partial charge is 0.465 e. The first-order valence-electron chi connectivity index (χ1n) is 6.02. The molecule has 1 fully saturated rings. The van der Waals surface area contributed by atoms with Gasteiger partial charge in [-0.2, -0.15) is 0 Å². The second-order valence-corrected chi connectivity index (χ2v) is 4.85. The van der Waals surface area contributed by atoms with Gasteiger partial charge in [0.2, 0.25) is 0 Å². The molecule has 0 saturated heterocycles. The molecule has 3 nitrogen and oxygen atoms in total. The Hall–Kier alpha value is -0.570.